The molecule has 0 spiro atoms. The number of sulfonamides is 1. The van der Waals surface area contributed by atoms with Crippen LogP contribution in [0.1, 0.15) is 51.1 Å². The highest BCUT2D eigenvalue weighted by Gasteiger charge is 2.34. The summed E-state index contributed by atoms with van der Waals surface area (Å²) in [5, 5.41) is 17.8. The van der Waals surface area contributed by atoms with E-state index in [4.69, 9.17) is 0 Å². The Labute approximate surface area is 212 Å². The number of hydrogen-bond acceptors (Lipinski definition) is 5. The van der Waals surface area contributed by atoms with E-state index >= 15 is 0 Å². The van der Waals surface area contributed by atoms with Gasteiger partial charge in [-0.15, -0.1) is 0 Å². The summed E-state index contributed by atoms with van der Waals surface area (Å²) in [6, 6.07) is 15.4. The Morgan fingerprint density at radius 3 is 2.22 bits per heavy atom. The molecule has 36 heavy (non-hydrogen) atoms. The Bertz CT molecular complexity index is 1270. The maximum Gasteiger partial charge on any atom is 0.240 e. The van der Waals surface area contributed by atoms with Gasteiger partial charge in [0.1, 0.15) is 0 Å². The van der Waals surface area contributed by atoms with Crippen LogP contribution in [-0.2, 0) is 21.9 Å². The van der Waals surface area contributed by atoms with Crippen molar-refractivity contribution in [3.05, 3.63) is 72.6 Å². The molecule has 0 bridgehead atoms. The van der Waals surface area contributed by atoms with E-state index in [-0.39, 0.29) is 22.8 Å². The SMILES string of the molecule is Cn1cc(-c2ccc(S(=O)(=O)N[C@H]3CC[C@H](C(=O)N[C@@H](c4ccccc4)C(C)(C)O)CC3)cc2)cn1. The van der Waals surface area contributed by atoms with Crippen LogP contribution in [-0.4, -0.2) is 40.9 Å². The van der Waals surface area contributed by atoms with Crippen molar-refractivity contribution in [2.75, 3.05) is 0 Å². The molecule has 192 valence electrons. The van der Waals surface area contributed by atoms with Gasteiger partial charge in [0.15, 0.2) is 0 Å². The lowest BCUT2D eigenvalue weighted by Crippen LogP contribution is -2.46. The molecule has 1 atom stereocenters. The van der Waals surface area contributed by atoms with Gasteiger partial charge >= 0.3 is 0 Å². The standard InChI is InChI=1S/C27H34N4O4S/c1-27(2,33)25(20-7-5-4-6-8-20)29-26(32)21-9-13-23(14-10-21)30-36(34,35)24-15-11-19(12-16-24)22-17-28-31(3)18-22/h4-8,11-12,15-18,21,23,25,30,33H,9-10,13-14H2,1-3H3,(H,29,32)/t21-,23-,25-/m0/s1. The molecule has 3 N–H and O–H groups in total. The number of aromatic nitrogens is 2. The molecule has 0 unspecified atom stereocenters. The van der Waals surface area contributed by atoms with Gasteiger partial charge in [0.2, 0.25) is 15.9 Å². The zero-order chi connectivity index (χ0) is 25.9. The smallest absolute Gasteiger partial charge is 0.240 e. The number of carbonyl (C=O) groups excluding carboxylic acids is 1. The summed E-state index contributed by atoms with van der Waals surface area (Å²) in [7, 11) is -1.84. The third-order valence-corrected chi connectivity index (χ3v) is 8.28. The van der Waals surface area contributed by atoms with Crippen molar-refractivity contribution in [2.45, 2.75) is 62.1 Å². The molecular weight excluding hydrogens is 476 g/mol. The van der Waals surface area contributed by atoms with E-state index in [9.17, 15) is 18.3 Å². The monoisotopic (exact) mass is 510 g/mol. The number of nitrogens with one attached hydrogen (secondary N) is 2. The van der Waals surface area contributed by atoms with Crippen LogP contribution in [0.5, 0.6) is 0 Å². The van der Waals surface area contributed by atoms with Gasteiger partial charge in [0.25, 0.3) is 0 Å². The highest BCUT2D eigenvalue weighted by molar-refractivity contribution is 7.89. The lowest BCUT2D eigenvalue weighted by molar-refractivity contribution is -0.128. The van der Waals surface area contributed by atoms with E-state index in [1.165, 1.54) is 0 Å². The van der Waals surface area contributed by atoms with Crippen molar-refractivity contribution in [3.8, 4) is 11.1 Å². The molecule has 1 saturated carbocycles. The van der Waals surface area contributed by atoms with Crippen molar-refractivity contribution in [2.24, 2.45) is 13.0 Å². The van der Waals surface area contributed by atoms with Crippen LogP contribution in [0.25, 0.3) is 11.1 Å². The first-order chi connectivity index (χ1) is 17.0. The minimum atomic E-state index is -3.67. The molecule has 8 nitrogen and oxygen atoms in total. The van der Waals surface area contributed by atoms with Gasteiger partial charge in [-0.05, 0) is 62.8 Å². The van der Waals surface area contributed by atoms with Crippen molar-refractivity contribution < 1.29 is 18.3 Å². The van der Waals surface area contributed by atoms with E-state index in [1.807, 2.05) is 43.6 Å². The summed E-state index contributed by atoms with van der Waals surface area (Å²) in [4.78, 5) is 13.2. The molecular formula is C27H34N4O4S. The molecule has 4 rings (SSSR count). The molecule has 1 aliphatic rings. The number of aryl methyl sites for hydroxylation is 1. The van der Waals surface area contributed by atoms with Crippen molar-refractivity contribution >= 4 is 15.9 Å². The molecule has 1 heterocycles. The number of benzene rings is 2. The number of nitrogens with zero attached hydrogens (tertiary/aromatic N) is 2. The fourth-order valence-corrected chi connectivity index (χ4v) is 6.04. The zero-order valence-electron chi connectivity index (χ0n) is 20.9. The summed E-state index contributed by atoms with van der Waals surface area (Å²) in [5.74, 6) is -0.337. The number of amides is 1. The quantitative estimate of drug-likeness (QED) is 0.429. The summed E-state index contributed by atoms with van der Waals surface area (Å²) >= 11 is 0. The molecule has 2 aromatic carbocycles. The van der Waals surface area contributed by atoms with E-state index in [0.717, 1.165) is 16.7 Å². The normalized spacial score (nSPS) is 19.6. The third kappa shape index (κ3) is 6.21. The molecule has 1 amide bonds. The van der Waals surface area contributed by atoms with Crippen LogP contribution in [0.3, 0.4) is 0 Å². The van der Waals surface area contributed by atoms with Crippen LogP contribution >= 0.6 is 0 Å². The molecule has 0 radical (unpaired) electrons. The predicted molar refractivity (Wildman–Crippen MR) is 138 cm³/mol. The average molecular weight is 511 g/mol. The van der Waals surface area contributed by atoms with E-state index in [0.29, 0.717) is 25.7 Å². The lowest BCUT2D eigenvalue weighted by Gasteiger charge is -2.34. The molecule has 9 heteroatoms. The second-order valence-electron chi connectivity index (χ2n) is 10.1. The highest BCUT2D eigenvalue weighted by atomic mass is 32.2. The maximum absolute atomic E-state index is 13.0. The van der Waals surface area contributed by atoms with Gasteiger partial charge in [-0.3, -0.25) is 9.48 Å². The number of hydrogen-bond donors (Lipinski definition) is 3. The van der Waals surface area contributed by atoms with Crippen LogP contribution < -0.4 is 10.0 Å². The first-order valence-electron chi connectivity index (χ1n) is 12.2. The van der Waals surface area contributed by atoms with Gasteiger partial charge in [0.05, 0.1) is 22.7 Å². The second-order valence-corrected chi connectivity index (χ2v) is 11.8. The molecule has 3 aromatic rings. The first-order valence-corrected chi connectivity index (χ1v) is 13.7. The Morgan fingerprint density at radius 1 is 1.03 bits per heavy atom. The number of rotatable bonds is 8. The predicted octanol–water partition coefficient (Wildman–Crippen LogP) is 3.55. The number of aliphatic hydroxyl groups is 1. The zero-order valence-corrected chi connectivity index (χ0v) is 21.7. The van der Waals surface area contributed by atoms with Gasteiger partial charge in [-0.1, -0.05) is 42.5 Å². The summed E-state index contributed by atoms with van der Waals surface area (Å²) in [5.41, 5.74) is 1.53. The van der Waals surface area contributed by atoms with Crippen LogP contribution in [0.15, 0.2) is 71.9 Å². The Kier molecular flexibility index (Phi) is 7.63. The fraction of sp³-hybridized carbons (Fsp3) is 0.407. The van der Waals surface area contributed by atoms with Crippen LogP contribution in [0.2, 0.25) is 0 Å². The summed E-state index contributed by atoms with van der Waals surface area (Å²) in [6.07, 6.45) is 5.91. The lowest BCUT2D eigenvalue weighted by atomic mass is 9.84. The van der Waals surface area contributed by atoms with Gasteiger partial charge < -0.3 is 10.4 Å². The molecule has 1 aliphatic carbocycles. The van der Waals surface area contributed by atoms with Gasteiger partial charge in [-0.25, -0.2) is 13.1 Å². The van der Waals surface area contributed by atoms with E-state index in [2.05, 4.69) is 15.1 Å². The summed E-state index contributed by atoms with van der Waals surface area (Å²) in [6.45, 7) is 3.36. The molecule has 1 aromatic heterocycles. The highest BCUT2D eigenvalue weighted by Crippen LogP contribution is 2.30. The Hall–Kier alpha value is -3.01. The van der Waals surface area contributed by atoms with Crippen molar-refractivity contribution in [1.29, 1.82) is 0 Å². The Balaban J connectivity index is 1.34. The largest absolute Gasteiger partial charge is 0.388 e. The minimum absolute atomic E-state index is 0.113. The Morgan fingerprint density at radius 2 is 1.67 bits per heavy atom. The van der Waals surface area contributed by atoms with Crippen LogP contribution in [0, 0.1) is 5.92 Å². The molecule has 0 saturated heterocycles. The number of carbonyl (C=O) groups is 1. The molecule has 1 fully saturated rings. The van der Waals surface area contributed by atoms with E-state index < -0.39 is 21.7 Å². The van der Waals surface area contributed by atoms with Crippen molar-refractivity contribution in [3.63, 3.8) is 0 Å². The third-order valence-electron chi connectivity index (χ3n) is 6.75. The summed E-state index contributed by atoms with van der Waals surface area (Å²) < 4.78 is 30.4. The first kappa shape index (κ1) is 26.1. The van der Waals surface area contributed by atoms with Crippen LogP contribution in [0.4, 0.5) is 0 Å². The average Bonchev–Trinajstić information content (AvgIpc) is 3.29. The second kappa shape index (κ2) is 10.5. The van der Waals surface area contributed by atoms with Gasteiger partial charge in [-0.2, -0.15) is 5.10 Å². The fourth-order valence-electron chi connectivity index (χ4n) is 4.73. The topological polar surface area (TPSA) is 113 Å². The van der Waals surface area contributed by atoms with E-state index in [1.54, 1.807) is 49.0 Å². The maximum atomic E-state index is 13.0. The van der Waals surface area contributed by atoms with Crippen molar-refractivity contribution in [1.82, 2.24) is 19.8 Å². The molecule has 0 aliphatic heterocycles. The minimum Gasteiger partial charge on any atom is -0.388 e. The van der Waals surface area contributed by atoms with Gasteiger partial charge in [0, 0.05) is 30.8 Å².